The molecule has 3 aromatic carbocycles. The average Bonchev–Trinajstić information content (AvgIpc) is 2.83. The fourth-order valence-corrected chi connectivity index (χ4v) is 5.15. The Balaban J connectivity index is 1.91. The van der Waals surface area contributed by atoms with E-state index in [1.807, 2.05) is 30.3 Å². The molecular formula is C26H29ClN2O4S. The summed E-state index contributed by atoms with van der Waals surface area (Å²) >= 11 is 6.01. The van der Waals surface area contributed by atoms with Crippen molar-refractivity contribution in [1.29, 1.82) is 0 Å². The second kappa shape index (κ2) is 11.4. The van der Waals surface area contributed by atoms with Crippen LogP contribution in [0.25, 0.3) is 0 Å². The van der Waals surface area contributed by atoms with E-state index in [9.17, 15) is 13.2 Å². The zero-order chi connectivity index (χ0) is 24.7. The maximum Gasteiger partial charge on any atom is 0.264 e. The van der Waals surface area contributed by atoms with Crippen molar-refractivity contribution in [2.24, 2.45) is 5.92 Å². The summed E-state index contributed by atoms with van der Waals surface area (Å²) in [7, 11) is -2.53. The van der Waals surface area contributed by atoms with Gasteiger partial charge in [0.1, 0.15) is 12.3 Å². The number of benzene rings is 3. The highest BCUT2D eigenvalue weighted by Crippen LogP contribution is 2.27. The van der Waals surface area contributed by atoms with Crippen molar-refractivity contribution in [2.75, 3.05) is 18.0 Å². The van der Waals surface area contributed by atoms with Crippen LogP contribution in [0.4, 0.5) is 5.69 Å². The first-order valence-corrected chi connectivity index (χ1v) is 12.8. The van der Waals surface area contributed by atoms with Crippen LogP contribution in [-0.2, 0) is 14.8 Å². The number of hydrogen-bond donors (Lipinski definition) is 1. The number of nitrogens with one attached hydrogen (secondary N) is 1. The van der Waals surface area contributed by atoms with Gasteiger partial charge in [0.2, 0.25) is 5.91 Å². The number of rotatable bonds is 10. The second-order valence-corrected chi connectivity index (χ2v) is 10.6. The first-order chi connectivity index (χ1) is 16.2. The largest absolute Gasteiger partial charge is 0.497 e. The van der Waals surface area contributed by atoms with E-state index in [1.165, 1.54) is 19.2 Å². The molecule has 1 unspecified atom stereocenters. The van der Waals surface area contributed by atoms with Gasteiger partial charge in [0.25, 0.3) is 10.0 Å². The molecule has 0 saturated heterocycles. The summed E-state index contributed by atoms with van der Waals surface area (Å²) in [6.07, 6.45) is 0.724. The highest BCUT2D eigenvalue weighted by atomic mass is 35.5. The quantitative estimate of drug-likeness (QED) is 0.401. The van der Waals surface area contributed by atoms with E-state index in [-0.39, 0.29) is 17.5 Å². The Hall–Kier alpha value is -3.03. The predicted molar refractivity (Wildman–Crippen MR) is 136 cm³/mol. The van der Waals surface area contributed by atoms with Crippen molar-refractivity contribution in [3.8, 4) is 5.75 Å². The molecule has 0 saturated carbocycles. The van der Waals surface area contributed by atoms with E-state index in [2.05, 4.69) is 19.2 Å². The normalized spacial score (nSPS) is 12.3. The van der Waals surface area contributed by atoms with Gasteiger partial charge in [-0.1, -0.05) is 55.8 Å². The number of carbonyl (C=O) groups is 1. The van der Waals surface area contributed by atoms with Crippen LogP contribution in [0.2, 0.25) is 5.02 Å². The fourth-order valence-electron chi connectivity index (χ4n) is 3.60. The smallest absolute Gasteiger partial charge is 0.264 e. The molecule has 6 nitrogen and oxygen atoms in total. The van der Waals surface area contributed by atoms with Gasteiger partial charge in [-0.2, -0.15) is 0 Å². The lowest BCUT2D eigenvalue weighted by Gasteiger charge is -2.26. The molecule has 0 bridgehead atoms. The Kier molecular flexibility index (Phi) is 8.58. The Morgan fingerprint density at radius 3 is 2.15 bits per heavy atom. The summed E-state index contributed by atoms with van der Waals surface area (Å²) in [5.41, 5.74) is 1.32. The Morgan fingerprint density at radius 1 is 0.971 bits per heavy atom. The molecule has 0 aliphatic carbocycles. The Labute approximate surface area is 206 Å². The van der Waals surface area contributed by atoms with Crippen molar-refractivity contribution < 1.29 is 17.9 Å². The second-order valence-electron chi connectivity index (χ2n) is 8.32. The summed E-state index contributed by atoms with van der Waals surface area (Å²) in [4.78, 5) is 13.2. The van der Waals surface area contributed by atoms with Crippen LogP contribution in [0.1, 0.15) is 31.9 Å². The molecule has 3 rings (SSSR count). The predicted octanol–water partition coefficient (Wildman–Crippen LogP) is 5.45. The number of ether oxygens (including phenoxy) is 1. The summed E-state index contributed by atoms with van der Waals surface area (Å²) in [6, 6.07) is 21.9. The number of carbonyl (C=O) groups excluding carboxylic acids is 1. The maximum atomic E-state index is 13.6. The minimum Gasteiger partial charge on any atom is -0.497 e. The van der Waals surface area contributed by atoms with Crippen LogP contribution >= 0.6 is 11.6 Å². The summed E-state index contributed by atoms with van der Waals surface area (Å²) in [6.45, 7) is 3.78. The molecule has 3 aromatic rings. The number of anilines is 1. The molecule has 34 heavy (non-hydrogen) atoms. The zero-order valence-electron chi connectivity index (χ0n) is 19.4. The number of hydrogen-bond acceptors (Lipinski definition) is 4. The van der Waals surface area contributed by atoms with Crippen molar-refractivity contribution in [1.82, 2.24) is 5.32 Å². The van der Waals surface area contributed by atoms with Crippen molar-refractivity contribution in [2.45, 2.75) is 31.2 Å². The topological polar surface area (TPSA) is 75.7 Å². The van der Waals surface area contributed by atoms with Gasteiger partial charge in [0.05, 0.1) is 23.7 Å². The molecule has 0 spiro atoms. The minimum absolute atomic E-state index is 0.0536. The van der Waals surface area contributed by atoms with Crippen LogP contribution in [0.3, 0.4) is 0 Å². The lowest BCUT2D eigenvalue weighted by Crippen LogP contribution is -2.42. The van der Waals surface area contributed by atoms with E-state index in [0.717, 1.165) is 16.3 Å². The Morgan fingerprint density at radius 2 is 1.59 bits per heavy atom. The van der Waals surface area contributed by atoms with Crippen LogP contribution in [0.5, 0.6) is 5.75 Å². The molecule has 1 amide bonds. The van der Waals surface area contributed by atoms with Gasteiger partial charge < -0.3 is 10.1 Å². The zero-order valence-corrected chi connectivity index (χ0v) is 21.0. The highest BCUT2D eigenvalue weighted by molar-refractivity contribution is 7.92. The van der Waals surface area contributed by atoms with Crippen LogP contribution in [0.15, 0.2) is 83.8 Å². The summed E-state index contributed by atoms with van der Waals surface area (Å²) < 4.78 is 33.3. The van der Waals surface area contributed by atoms with Crippen molar-refractivity contribution in [3.05, 3.63) is 89.4 Å². The molecule has 180 valence electrons. The third kappa shape index (κ3) is 6.52. The molecule has 0 radical (unpaired) electrons. The fraction of sp³-hybridized carbons (Fsp3) is 0.269. The van der Waals surface area contributed by atoms with Gasteiger partial charge in [0, 0.05) is 5.02 Å². The lowest BCUT2D eigenvalue weighted by molar-refractivity contribution is -0.120. The summed E-state index contributed by atoms with van der Waals surface area (Å²) in [5.74, 6) is 0.469. The van der Waals surface area contributed by atoms with Gasteiger partial charge in [-0.25, -0.2) is 8.42 Å². The molecule has 0 aliphatic heterocycles. The molecule has 0 fully saturated rings. The molecule has 0 aromatic heterocycles. The number of nitrogens with zero attached hydrogens (tertiary/aromatic N) is 1. The number of methoxy groups -OCH3 is 1. The Bertz CT molecular complexity index is 1180. The van der Waals surface area contributed by atoms with Crippen LogP contribution in [0, 0.1) is 5.92 Å². The SMILES string of the molecule is COc1ccc(S(=O)(=O)N(CC(=O)NC(CC(C)C)c2ccccc2)c2ccc(Cl)cc2)cc1. The third-order valence-electron chi connectivity index (χ3n) is 5.29. The third-order valence-corrected chi connectivity index (χ3v) is 7.33. The molecule has 0 aliphatic rings. The molecular weight excluding hydrogens is 472 g/mol. The van der Waals surface area contributed by atoms with E-state index < -0.39 is 15.9 Å². The van der Waals surface area contributed by atoms with Crippen LogP contribution in [-0.4, -0.2) is 28.0 Å². The van der Waals surface area contributed by atoms with E-state index in [4.69, 9.17) is 16.3 Å². The van der Waals surface area contributed by atoms with Crippen LogP contribution < -0.4 is 14.4 Å². The molecule has 1 N–H and O–H groups in total. The van der Waals surface area contributed by atoms with Crippen molar-refractivity contribution >= 4 is 33.2 Å². The first kappa shape index (κ1) is 25.6. The first-order valence-electron chi connectivity index (χ1n) is 11.0. The maximum absolute atomic E-state index is 13.6. The van der Waals surface area contributed by atoms with Gasteiger partial charge in [-0.15, -0.1) is 0 Å². The van der Waals surface area contributed by atoms with E-state index in [0.29, 0.717) is 22.4 Å². The van der Waals surface area contributed by atoms with Gasteiger partial charge in [0.15, 0.2) is 0 Å². The molecule has 1 atom stereocenters. The average molecular weight is 501 g/mol. The molecule has 0 heterocycles. The van der Waals surface area contributed by atoms with Crippen molar-refractivity contribution in [3.63, 3.8) is 0 Å². The van der Waals surface area contributed by atoms with Gasteiger partial charge in [-0.3, -0.25) is 9.10 Å². The van der Waals surface area contributed by atoms with Gasteiger partial charge in [-0.05, 0) is 66.4 Å². The number of amides is 1. The number of halogens is 1. The molecule has 8 heteroatoms. The van der Waals surface area contributed by atoms with Gasteiger partial charge >= 0.3 is 0 Å². The van der Waals surface area contributed by atoms with E-state index in [1.54, 1.807) is 36.4 Å². The summed E-state index contributed by atoms with van der Waals surface area (Å²) in [5, 5.41) is 3.50. The standard InChI is InChI=1S/C26H29ClN2O4S/c1-19(2)17-25(20-7-5-4-6-8-20)28-26(30)18-29(22-11-9-21(27)10-12-22)34(31,32)24-15-13-23(33-3)14-16-24/h4-16,19,25H,17-18H2,1-3H3,(H,28,30). The van der Waals surface area contributed by atoms with E-state index >= 15 is 0 Å². The minimum atomic E-state index is -4.04. The monoisotopic (exact) mass is 500 g/mol. The lowest BCUT2D eigenvalue weighted by atomic mass is 9.97. The number of sulfonamides is 1. The highest BCUT2D eigenvalue weighted by Gasteiger charge is 2.28.